The summed E-state index contributed by atoms with van der Waals surface area (Å²) in [5, 5.41) is 0. The number of carbonyl (C=O) groups is 2. The first-order valence-electron chi connectivity index (χ1n) is 6.52. The molecule has 1 aromatic carbocycles. The molecule has 2 fully saturated rings. The van der Waals surface area contributed by atoms with Gasteiger partial charge in [-0.25, -0.2) is 9.29 Å². The molecule has 102 valence electrons. The number of amides is 2. The smallest absolute Gasteiger partial charge is 0.241 e. The molecule has 0 aromatic heterocycles. The third kappa shape index (κ3) is 1.28. The van der Waals surface area contributed by atoms with Gasteiger partial charge in [-0.2, -0.15) is 0 Å². The second kappa shape index (κ2) is 3.55. The average molecular weight is 273 g/mol. The predicted octanol–water partition coefficient (Wildman–Crippen LogP) is 1.66. The van der Waals surface area contributed by atoms with Crippen LogP contribution in [0.15, 0.2) is 36.4 Å². The fourth-order valence-corrected chi connectivity index (χ4v) is 3.50. The Morgan fingerprint density at radius 1 is 1.20 bits per heavy atom. The minimum Gasteiger partial charge on any atom is -0.362 e. The molecule has 0 radical (unpaired) electrons. The molecule has 3 aliphatic rings. The summed E-state index contributed by atoms with van der Waals surface area (Å²) >= 11 is 0. The Balaban J connectivity index is 1.77. The third-order valence-electron chi connectivity index (χ3n) is 4.41. The summed E-state index contributed by atoms with van der Waals surface area (Å²) < 4.78 is 18.7. The number of hydrogen-bond acceptors (Lipinski definition) is 3. The Bertz CT molecular complexity index is 654. The molecule has 0 spiro atoms. The van der Waals surface area contributed by atoms with E-state index in [1.54, 1.807) is 0 Å². The number of nitrogens with zero attached hydrogens (tertiary/aromatic N) is 1. The van der Waals surface area contributed by atoms with Gasteiger partial charge in [0, 0.05) is 0 Å². The van der Waals surface area contributed by atoms with Gasteiger partial charge < -0.3 is 4.74 Å². The van der Waals surface area contributed by atoms with E-state index in [9.17, 15) is 14.0 Å². The Labute approximate surface area is 114 Å². The summed E-state index contributed by atoms with van der Waals surface area (Å²) in [5.74, 6) is -1.85. The number of anilines is 1. The highest BCUT2D eigenvalue weighted by Crippen LogP contribution is 2.52. The molecular formula is C15H12FNO3. The van der Waals surface area contributed by atoms with E-state index < -0.39 is 23.3 Å². The van der Waals surface area contributed by atoms with Crippen LogP contribution in [0.5, 0.6) is 0 Å². The molecule has 1 aromatic rings. The second-order valence-electron chi connectivity index (χ2n) is 5.62. The zero-order valence-corrected chi connectivity index (χ0v) is 10.7. The van der Waals surface area contributed by atoms with Crippen LogP contribution in [0.3, 0.4) is 0 Å². The lowest BCUT2D eigenvalue weighted by Crippen LogP contribution is -2.38. The second-order valence-corrected chi connectivity index (χ2v) is 5.62. The monoisotopic (exact) mass is 273 g/mol. The van der Waals surface area contributed by atoms with E-state index in [-0.39, 0.29) is 17.9 Å². The maximum Gasteiger partial charge on any atom is 0.241 e. The van der Waals surface area contributed by atoms with Crippen LogP contribution < -0.4 is 4.90 Å². The lowest BCUT2D eigenvalue weighted by molar-refractivity contribution is -0.126. The summed E-state index contributed by atoms with van der Waals surface area (Å²) in [7, 11) is 0. The van der Waals surface area contributed by atoms with Gasteiger partial charge in [0.05, 0.1) is 29.2 Å². The Morgan fingerprint density at radius 3 is 2.55 bits per heavy atom. The van der Waals surface area contributed by atoms with Crippen molar-refractivity contribution in [1.29, 1.82) is 0 Å². The number of benzene rings is 1. The van der Waals surface area contributed by atoms with E-state index in [4.69, 9.17) is 4.74 Å². The van der Waals surface area contributed by atoms with Crippen LogP contribution in [0.25, 0.3) is 0 Å². The molecule has 2 amide bonds. The molecule has 0 aliphatic carbocycles. The van der Waals surface area contributed by atoms with Crippen molar-refractivity contribution < 1.29 is 18.7 Å². The molecule has 3 heterocycles. The molecule has 0 saturated carbocycles. The Hall–Kier alpha value is -2.01. The van der Waals surface area contributed by atoms with Gasteiger partial charge in [-0.3, -0.25) is 9.59 Å². The summed E-state index contributed by atoms with van der Waals surface area (Å²) in [6.07, 6.45) is 3.38. The normalized spacial score (nSPS) is 37.9. The van der Waals surface area contributed by atoms with E-state index in [0.29, 0.717) is 5.69 Å². The molecule has 0 N–H and O–H groups in total. The van der Waals surface area contributed by atoms with E-state index in [1.165, 1.54) is 24.3 Å². The highest BCUT2D eigenvalue weighted by molar-refractivity contribution is 6.23. The van der Waals surface area contributed by atoms with Gasteiger partial charge in [-0.15, -0.1) is 0 Å². The highest BCUT2D eigenvalue weighted by Gasteiger charge is 2.65. The van der Waals surface area contributed by atoms with Crippen LogP contribution in [-0.4, -0.2) is 23.5 Å². The van der Waals surface area contributed by atoms with Crippen LogP contribution in [-0.2, 0) is 14.3 Å². The molecule has 20 heavy (non-hydrogen) atoms. The third-order valence-corrected chi connectivity index (χ3v) is 4.41. The molecule has 4 rings (SSSR count). The zero-order chi connectivity index (χ0) is 14.1. The SMILES string of the molecule is C[C@@]12C=C[C@H](O1)[C@H]1C(=O)N(c3ccc(F)cc3)C(=O)[C@@H]12. The van der Waals surface area contributed by atoms with Gasteiger partial charge in [-0.1, -0.05) is 12.2 Å². The number of imide groups is 1. The fourth-order valence-electron chi connectivity index (χ4n) is 3.50. The van der Waals surface area contributed by atoms with Crippen LogP contribution in [0.4, 0.5) is 10.1 Å². The van der Waals surface area contributed by atoms with Crippen molar-refractivity contribution in [3.63, 3.8) is 0 Å². The summed E-state index contributed by atoms with van der Waals surface area (Å²) in [4.78, 5) is 26.2. The first-order valence-corrected chi connectivity index (χ1v) is 6.52. The van der Waals surface area contributed by atoms with E-state index in [2.05, 4.69) is 0 Å². The standard InChI is InChI=1S/C15H12FNO3/c1-15-7-6-10(20-15)11-12(15)14(19)17(13(11)18)9-4-2-8(16)3-5-9/h2-7,10-12H,1H3/t10-,11+,12+,15-/m0/s1. The van der Waals surface area contributed by atoms with Crippen molar-refractivity contribution in [2.75, 3.05) is 4.90 Å². The number of halogens is 1. The molecule has 2 bridgehead atoms. The van der Waals surface area contributed by atoms with E-state index in [0.717, 1.165) is 4.90 Å². The average Bonchev–Trinajstić information content (AvgIpc) is 3.01. The number of carbonyl (C=O) groups excluding carboxylic acids is 2. The topological polar surface area (TPSA) is 46.6 Å². The van der Waals surface area contributed by atoms with E-state index >= 15 is 0 Å². The maximum atomic E-state index is 13.0. The molecule has 3 aliphatic heterocycles. The summed E-state index contributed by atoms with van der Waals surface area (Å²) in [6.45, 7) is 1.83. The minimum absolute atomic E-state index is 0.260. The molecule has 5 heteroatoms. The lowest BCUT2D eigenvalue weighted by Gasteiger charge is -2.24. The summed E-state index contributed by atoms with van der Waals surface area (Å²) in [6, 6.07) is 5.39. The van der Waals surface area contributed by atoms with Crippen molar-refractivity contribution in [3.8, 4) is 0 Å². The van der Waals surface area contributed by atoms with Crippen LogP contribution in [0.1, 0.15) is 6.92 Å². The lowest BCUT2D eigenvalue weighted by atomic mass is 9.78. The van der Waals surface area contributed by atoms with Gasteiger partial charge in [0.15, 0.2) is 0 Å². The first-order chi connectivity index (χ1) is 9.51. The highest BCUT2D eigenvalue weighted by atomic mass is 19.1. The van der Waals surface area contributed by atoms with Gasteiger partial charge >= 0.3 is 0 Å². The fraction of sp³-hybridized carbons (Fsp3) is 0.333. The maximum absolute atomic E-state index is 13.0. The zero-order valence-electron chi connectivity index (χ0n) is 10.7. The number of fused-ring (bicyclic) bond motifs is 5. The number of rotatable bonds is 1. The van der Waals surface area contributed by atoms with Crippen molar-refractivity contribution in [3.05, 3.63) is 42.2 Å². The first kappa shape index (κ1) is 11.8. The van der Waals surface area contributed by atoms with Gasteiger partial charge in [0.25, 0.3) is 0 Å². The van der Waals surface area contributed by atoms with Crippen molar-refractivity contribution in [2.45, 2.75) is 18.6 Å². The number of hydrogen-bond donors (Lipinski definition) is 0. The molecule has 0 unspecified atom stereocenters. The minimum atomic E-state index is -0.698. The van der Waals surface area contributed by atoms with Crippen molar-refractivity contribution >= 4 is 17.5 Å². The molecular weight excluding hydrogens is 261 g/mol. The van der Waals surface area contributed by atoms with Crippen molar-refractivity contribution in [1.82, 2.24) is 0 Å². The molecule has 4 atom stereocenters. The van der Waals surface area contributed by atoms with Crippen molar-refractivity contribution in [2.24, 2.45) is 11.8 Å². The number of ether oxygens (including phenoxy) is 1. The Kier molecular flexibility index (Phi) is 2.09. The van der Waals surface area contributed by atoms with Gasteiger partial charge in [0.1, 0.15) is 5.82 Å². The van der Waals surface area contributed by atoms with Gasteiger partial charge in [-0.05, 0) is 31.2 Å². The molecule has 2 saturated heterocycles. The Morgan fingerprint density at radius 2 is 1.90 bits per heavy atom. The van der Waals surface area contributed by atoms with Crippen LogP contribution in [0, 0.1) is 17.7 Å². The quantitative estimate of drug-likeness (QED) is 0.577. The summed E-state index contributed by atoms with van der Waals surface area (Å²) in [5.41, 5.74) is -0.282. The van der Waals surface area contributed by atoms with Crippen LogP contribution >= 0.6 is 0 Å². The van der Waals surface area contributed by atoms with Gasteiger partial charge in [0.2, 0.25) is 11.8 Å². The van der Waals surface area contributed by atoms with Crippen LogP contribution in [0.2, 0.25) is 0 Å². The molecule has 4 nitrogen and oxygen atoms in total. The predicted molar refractivity (Wildman–Crippen MR) is 68.3 cm³/mol. The largest absolute Gasteiger partial charge is 0.362 e. The van der Waals surface area contributed by atoms with E-state index in [1.807, 2.05) is 19.1 Å².